The van der Waals surface area contributed by atoms with Gasteiger partial charge in [-0.3, -0.25) is 10.3 Å². The Morgan fingerprint density at radius 1 is 1.06 bits per heavy atom. The first-order valence-corrected chi connectivity index (χ1v) is 11.4. The Kier molecular flexibility index (Phi) is 6.51. The molecule has 172 valence electrons. The summed E-state index contributed by atoms with van der Waals surface area (Å²) in [5.74, 6) is 2.41. The Balaban J connectivity index is 1.37. The first-order valence-electron chi connectivity index (χ1n) is 11.4. The maximum absolute atomic E-state index is 6.15. The van der Waals surface area contributed by atoms with Crippen molar-refractivity contribution in [1.29, 1.82) is 0 Å². The van der Waals surface area contributed by atoms with Crippen molar-refractivity contribution in [3.63, 3.8) is 0 Å². The van der Waals surface area contributed by atoms with Gasteiger partial charge in [-0.25, -0.2) is 0 Å². The van der Waals surface area contributed by atoms with Crippen molar-refractivity contribution in [2.75, 3.05) is 62.9 Å². The van der Waals surface area contributed by atoms with E-state index in [0.717, 1.165) is 68.3 Å². The van der Waals surface area contributed by atoms with Crippen LogP contribution in [0.25, 0.3) is 0 Å². The molecule has 10 nitrogen and oxygen atoms in total. The summed E-state index contributed by atoms with van der Waals surface area (Å²) in [6.45, 7) is 8.02. The zero-order valence-corrected chi connectivity index (χ0v) is 18.5. The molecule has 0 amide bonds. The molecule has 2 saturated heterocycles. The predicted molar refractivity (Wildman–Crippen MR) is 119 cm³/mol. The fraction of sp³-hybridized carbons (Fsp3) is 0.591. The second kappa shape index (κ2) is 9.85. The highest BCUT2D eigenvalue weighted by molar-refractivity contribution is 6.02. The molecule has 2 fully saturated rings. The van der Waals surface area contributed by atoms with Crippen molar-refractivity contribution in [1.82, 2.24) is 14.9 Å². The molecule has 0 radical (unpaired) electrons. The smallest absolute Gasteiger partial charge is 0.321 e. The van der Waals surface area contributed by atoms with Crippen molar-refractivity contribution in [3.05, 3.63) is 29.7 Å². The summed E-state index contributed by atoms with van der Waals surface area (Å²) in [5.41, 5.74) is 5.20. The van der Waals surface area contributed by atoms with Crippen LogP contribution in [0.3, 0.4) is 0 Å². The maximum Gasteiger partial charge on any atom is 0.321 e. The van der Waals surface area contributed by atoms with Crippen LogP contribution in [0.15, 0.2) is 27.9 Å². The number of aryl methyl sites for hydroxylation is 1. The third kappa shape index (κ3) is 4.87. The van der Waals surface area contributed by atoms with Crippen LogP contribution in [-0.2, 0) is 15.9 Å². The summed E-state index contributed by atoms with van der Waals surface area (Å²) >= 11 is 0. The highest BCUT2D eigenvalue weighted by Gasteiger charge is 2.22. The van der Waals surface area contributed by atoms with Gasteiger partial charge in [-0.1, -0.05) is 0 Å². The van der Waals surface area contributed by atoms with Crippen molar-refractivity contribution in [2.45, 2.75) is 32.4 Å². The number of fused-ring (bicyclic) bond motifs is 1. The lowest BCUT2D eigenvalue weighted by Crippen LogP contribution is -2.45. The molecule has 2 aliphatic heterocycles. The molecular formula is C22H30N6O4. The van der Waals surface area contributed by atoms with E-state index in [1.54, 1.807) is 6.26 Å². The van der Waals surface area contributed by atoms with E-state index in [-0.39, 0.29) is 6.23 Å². The largest absolute Gasteiger partial charge is 0.469 e. The fourth-order valence-electron chi connectivity index (χ4n) is 4.23. The number of hydrazone groups is 1. The average molecular weight is 443 g/mol. The quantitative estimate of drug-likeness (QED) is 0.675. The molecule has 1 atom stereocenters. The van der Waals surface area contributed by atoms with E-state index in [9.17, 15) is 0 Å². The molecular weight excluding hydrogens is 412 g/mol. The lowest BCUT2D eigenvalue weighted by molar-refractivity contribution is -0.0404. The van der Waals surface area contributed by atoms with Crippen LogP contribution in [0.4, 0.5) is 11.6 Å². The minimum atomic E-state index is -0.148. The van der Waals surface area contributed by atoms with Crippen molar-refractivity contribution >= 4 is 17.3 Å². The van der Waals surface area contributed by atoms with E-state index in [2.05, 4.69) is 30.3 Å². The average Bonchev–Trinajstić information content (AvgIpc) is 3.33. The second-order valence-electron chi connectivity index (χ2n) is 8.14. The Morgan fingerprint density at radius 3 is 2.66 bits per heavy atom. The van der Waals surface area contributed by atoms with Crippen LogP contribution in [0.2, 0.25) is 0 Å². The summed E-state index contributed by atoms with van der Waals surface area (Å²) in [5, 5.41) is 4.65. The van der Waals surface area contributed by atoms with Gasteiger partial charge in [0.15, 0.2) is 12.0 Å². The number of nitrogens with zero attached hydrogens (tertiary/aromatic N) is 5. The molecule has 10 heteroatoms. The highest BCUT2D eigenvalue weighted by atomic mass is 16.5. The van der Waals surface area contributed by atoms with Crippen LogP contribution in [0.1, 0.15) is 31.1 Å². The summed E-state index contributed by atoms with van der Waals surface area (Å²) in [6, 6.07) is 4.23. The third-order valence-electron chi connectivity index (χ3n) is 6.04. The Morgan fingerprint density at radius 2 is 1.84 bits per heavy atom. The van der Waals surface area contributed by atoms with E-state index in [1.165, 1.54) is 0 Å². The number of nitrogens with one attached hydrogen (secondary N) is 1. The standard InChI is InChI=1S/C22H30N6O4/c1-16(27-6-11-29-12-7-27)32-22-23-20(15-21(24-22)28-8-13-30-14-9-28)26-25-18-3-2-4-19-17(18)5-10-31-19/h5,10,15-16H,2-4,6-9,11-14H2,1H3,(H,23,24,26). The normalized spacial score (nSPS) is 21.9. The second-order valence-corrected chi connectivity index (χ2v) is 8.14. The summed E-state index contributed by atoms with van der Waals surface area (Å²) < 4.78 is 22.7. The van der Waals surface area contributed by atoms with Crippen molar-refractivity contribution < 1.29 is 18.6 Å². The topological polar surface area (TPSA) is 97.5 Å². The van der Waals surface area contributed by atoms with E-state index in [4.69, 9.17) is 18.6 Å². The lowest BCUT2D eigenvalue weighted by Gasteiger charge is -2.32. The highest BCUT2D eigenvalue weighted by Crippen LogP contribution is 2.25. The minimum Gasteiger partial charge on any atom is -0.469 e. The number of hydrogen-bond acceptors (Lipinski definition) is 10. The van der Waals surface area contributed by atoms with Gasteiger partial charge in [0.25, 0.3) is 0 Å². The molecule has 32 heavy (non-hydrogen) atoms. The summed E-state index contributed by atoms with van der Waals surface area (Å²) in [4.78, 5) is 13.7. The fourth-order valence-corrected chi connectivity index (χ4v) is 4.23. The van der Waals surface area contributed by atoms with Crippen LogP contribution >= 0.6 is 0 Å². The van der Waals surface area contributed by atoms with Crippen molar-refractivity contribution in [2.24, 2.45) is 5.10 Å². The maximum atomic E-state index is 6.15. The van der Waals surface area contributed by atoms with Gasteiger partial charge in [-0.15, -0.1) is 0 Å². The monoisotopic (exact) mass is 442 g/mol. The molecule has 1 N–H and O–H groups in total. The molecule has 0 saturated carbocycles. The van der Waals surface area contributed by atoms with Gasteiger partial charge in [0.2, 0.25) is 0 Å². The molecule has 0 aromatic carbocycles. The number of morpholine rings is 2. The van der Waals surface area contributed by atoms with E-state index in [1.807, 2.05) is 19.1 Å². The molecule has 0 spiro atoms. The first-order chi connectivity index (χ1) is 15.8. The van der Waals surface area contributed by atoms with E-state index >= 15 is 0 Å². The van der Waals surface area contributed by atoms with Gasteiger partial charge in [0.05, 0.1) is 38.4 Å². The van der Waals surface area contributed by atoms with Crippen LogP contribution in [0, 0.1) is 0 Å². The number of ether oxygens (including phenoxy) is 3. The number of aromatic nitrogens is 2. The zero-order valence-electron chi connectivity index (χ0n) is 18.5. The number of hydrogen-bond donors (Lipinski definition) is 1. The SMILES string of the molecule is CC(Oc1nc(NN=C2CCCc3occc32)cc(N2CCOCC2)n1)N1CCOCC1. The number of furan rings is 1. The zero-order chi connectivity index (χ0) is 21.8. The molecule has 2 aromatic rings. The van der Waals surface area contributed by atoms with Crippen LogP contribution in [-0.4, -0.2) is 79.4 Å². The van der Waals surface area contributed by atoms with Crippen LogP contribution < -0.4 is 15.1 Å². The van der Waals surface area contributed by atoms with Gasteiger partial charge < -0.3 is 23.5 Å². The molecule has 2 aromatic heterocycles. The molecule has 1 aliphatic carbocycles. The van der Waals surface area contributed by atoms with Gasteiger partial charge in [-0.2, -0.15) is 15.1 Å². The van der Waals surface area contributed by atoms with Crippen molar-refractivity contribution in [3.8, 4) is 6.01 Å². The van der Waals surface area contributed by atoms with Gasteiger partial charge in [0, 0.05) is 44.2 Å². The minimum absolute atomic E-state index is 0.148. The molecule has 0 bridgehead atoms. The Labute approximate surface area is 187 Å². The van der Waals surface area contributed by atoms with Gasteiger partial charge >= 0.3 is 6.01 Å². The van der Waals surface area contributed by atoms with Gasteiger partial charge in [-0.05, 0) is 25.8 Å². The van der Waals surface area contributed by atoms with Crippen LogP contribution in [0.5, 0.6) is 6.01 Å². The Bertz CT molecular complexity index is 936. The summed E-state index contributed by atoms with van der Waals surface area (Å²) in [7, 11) is 0. The molecule has 3 aliphatic rings. The lowest BCUT2D eigenvalue weighted by atomic mass is 9.97. The molecule has 5 rings (SSSR count). The van der Waals surface area contributed by atoms with E-state index < -0.39 is 0 Å². The number of anilines is 2. The van der Waals surface area contributed by atoms with E-state index in [0.29, 0.717) is 38.3 Å². The predicted octanol–water partition coefficient (Wildman–Crippen LogP) is 2.12. The third-order valence-corrected chi connectivity index (χ3v) is 6.04. The first kappa shape index (κ1) is 21.2. The molecule has 4 heterocycles. The number of rotatable bonds is 6. The summed E-state index contributed by atoms with van der Waals surface area (Å²) in [6.07, 6.45) is 4.46. The molecule has 1 unspecified atom stereocenters. The van der Waals surface area contributed by atoms with Gasteiger partial charge in [0.1, 0.15) is 11.6 Å². The Hall–Kier alpha value is -2.69.